The van der Waals surface area contributed by atoms with Crippen LogP contribution in [0.5, 0.6) is 0 Å². The molecule has 0 aliphatic heterocycles. The van der Waals surface area contributed by atoms with Crippen LogP contribution in [-0.4, -0.2) is 54.7 Å². The molecule has 0 radical (unpaired) electrons. The van der Waals surface area contributed by atoms with Crippen molar-refractivity contribution in [1.82, 2.24) is 16.0 Å². The summed E-state index contributed by atoms with van der Waals surface area (Å²) >= 11 is 0. The van der Waals surface area contributed by atoms with Gasteiger partial charge in [0, 0.05) is 18.4 Å². The number of carboxylic acids is 1. The quantitative estimate of drug-likeness (QED) is 0.368. The highest BCUT2D eigenvalue weighted by Crippen LogP contribution is 2.44. The van der Waals surface area contributed by atoms with Crippen LogP contribution in [0.2, 0.25) is 0 Å². The smallest absolute Gasteiger partial charge is 0.407 e. The van der Waals surface area contributed by atoms with Crippen LogP contribution < -0.4 is 16.0 Å². The fourth-order valence-corrected chi connectivity index (χ4v) is 4.19. The lowest BCUT2D eigenvalue weighted by molar-refractivity contribution is -0.137. The molecule has 1 atom stereocenters. The number of nitrogens with one attached hydrogen (secondary N) is 3. The first-order chi connectivity index (χ1) is 16.9. The van der Waals surface area contributed by atoms with Crippen LogP contribution in [0.1, 0.15) is 49.7 Å². The second-order valence-corrected chi connectivity index (χ2v) is 8.46. The maximum Gasteiger partial charge on any atom is 0.407 e. The largest absolute Gasteiger partial charge is 0.480 e. The number of ether oxygens (including phenoxy) is 1. The molecule has 4 N–H and O–H groups in total. The zero-order chi connectivity index (χ0) is 25.2. The molecule has 0 heterocycles. The Morgan fingerprint density at radius 3 is 2.11 bits per heavy atom. The van der Waals surface area contributed by atoms with Crippen LogP contribution in [0.3, 0.4) is 0 Å². The first kappa shape index (κ1) is 25.7. The molecule has 1 aliphatic carbocycles. The topological polar surface area (TPSA) is 134 Å². The van der Waals surface area contributed by atoms with Gasteiger partial charge in [0.2, 0.25) is 11.8 Å². The molecule has 0 bridgehead atoms. The van der Waals surface area contributed by atoms with Crippen LogP contribution in [0, 0.1) is 0 Å². The molecule has 3 amide bonds. The molecule has 2 aromatic rings. The minimum atomic E-state index is -1.17. The summed E-state index contributed by atoms with van der Waals surface area (Å²) in [5.41, 5.74) is 4.51. The molecule has 1 unspecified atom stereocenters. The normalized spacial score (nSPS) is 12.7. The van der Waals surface area contributed by atoms with Crippen LogP contribution in [0.15, 0.2) is 48.5 Å². The van der Waals surface area contributed by atoms with E-state index >= 15 is 0 Å². The third-order valence-corrected chi connectivity index (χ3v) is 5.89. The van der Waals surface area contributed by atoms with Crippen LogP contribution in [0.25, 0.3) is 11.1 Å². The lowest BCUT2D eigenvalue weighted by Crippen LogP contribution is -2.43. The average molecular weight is 482 g/mol. The van der Waals surface area contributed by atoms with Crippen molar-refractivity contribution in [3.05, 3.63) is 59.7 Å². The number of carbonyl (C=O) groups excluding carboxylic acids is 3. The Hall–Kier alpha value is -3.88. The van der Waals surface area contributed by atoms with E-state index in [0.29, 0.717) is 6.42 Å². The van der Waals surface area contributed by atoms with Gasteiger partial charge in [-0.1, -0.05) is 68.3 Å². The van der Waals surface area contributed by atoms with Crippen molar-refractivity contribution in [2.24, 2.45) is 0 Å². The number of carboxylic acid groups (broad SMARTS) is 1. The minimum Gasteiger partial charge on any atom is -0.480 e. The molecule has 3 rings (SSSR count). The zero-order valence-corrected chi connectivity index (χ0v) is 19.7. The van der Waals surface area contributed by atoms with Crippen LogP contribution in [0.4, 0.5) is 4.79 Å². The van der Waals surface area contributed by atoms with Gasteiger partial charge in [-0.15, -0.1) is 0 Å². The lowest BCUT2D eigenvalue weighted by atomic mass is 9.98. The van der Waals surface area contributed by atoms with E-state index in [9.17, 15) is 19.2 Å². The molecule has 1 aliphatic rings. The van der Waals surface area contributed by atoms with Gasteiger partial charge in [0.1, 0.15) is 13.2 Å². The molecule has 35 heavy (non-hydrogen) atoms. The summed E-state index contributed by atoms with van der Waals surface area (Å²) in [6, 6.07) is 15.7. The van der Waals surface area contributed by atoms with Crippen molar-refractivity contribution < 1.29 is 29.0 Å². The van der Waals surface area contributed by atoms with Crippen molar-refractivity contribution in [3.63, 3.8) is 0 Å². The molecule has 0 fully saturated rings. The maximum atomic E-state index is 12.6. The summed E-state index contributed by atoms with van der Waals surface area (Å²) in [6.45, 7) is 1.34. The van der Waals surface area contributed by atoms with Gasteiger partial charge in [-0.05, 0) is 28.7 Å². The fraction of sp³-hybridized carbons (Fsp3) is 0.385. The number of amides is 3. The number of hydrogen-bond donors (Lipinski definition) is 4. The highest BCUT2D eigenvalue weighted by molar-refractivity contribution is 5.87. The molecule has 0 saturated carbocycles. The minimum absolute atomic E-state index is 0.0175. The summed E-state index contributed by atoms with van der Waals surface area (Å²) in [4.78, 5) is 47.0. The molecule has 9 heteroatoms. The Kier molecular flexibility index (Phi) is 9.23. The van der Waals surface area contributed by atoms with Gasteiger partial charge in [0.05, 0.1) is 6.54 Å². The molecule has 0 aromatic heterocycles. The van der Waals surface area contributed by atoms with Crippen molar-refractivity contribution in [2.75, 3.05) is 19.7 Å². The van der Waals surface area contributed by atoms with E-state index in [4.69, 9.17) is 9.84 Å². The highest BCUT2D eigenvalue weighted by atomic mass is 16.5. The van der Waals surface area contributed by atoms with Gasteiger partial charge in [-0.25, -0.2) is 4.79 Å². The second kappa shape index (κ2) is 12.5. The summed E-state index contributed by atoms with van der Waals surface area (Å²) in [6.07, 6.45) is 1.67. The number of rotatable bonds is 12. The summed E-state index contributed by atoms with van der Waals surface area (Å²) in [5.74, 6) is -2.25. The highest BCUT2D eigenvalue weighted by Gasteiger charge is 2.29. The van der Waals surface area contributed by atoms with Gasteiger partial charge in [-0.3, -0.25) is 14.4 Å². The molecular formula is C26H31N3O6. The zero-order valence-electron chi connectivity index (χ0n) is 19.7. The second-order valence-electron chi connectivity index (χ2n) is 8.46. The van der Waals surface area contributed by atoms with E-state index in [0.717, 1.165) is 35.1 Å². The number of aliphatic carboxylic acids is 1. The summed E-state index contributed by atoms with van der Waals surface area (Å²) in [5, 5.41) is 16.0. The third-order valence-electron chi connectivity index (χ3n) is 5.89. The van der Waals surface area contributed by atoms with Gasteiger partial charge < -0.3 is 25.8 Å². The molecular weight excluding hydrogens is 450 g/mol. The number of alkyl carbamates (subject to hydrolysis) is 1. The standard InChI is InChI=1S/C26H31N3O6/c1-2-3-8-17(13-23(30)27-14-24(31)28-15-25(32)33)29-26(34)35-16-22-20-11-6-4-9-18(20)19-10-5-7-12-21(19)22/h4-7,9-12,17,22H,2-3,8,13-16H2,1H3,(H,27,30)(H,28,31)(H,29,34)(H,32,33). The number of benzene rings is 2. The van der Waals surface area contributed by atoms with E-state index in [-0.39, 0.29) is 25.5 Å². The Labute approximate surface area is 204 Å². The van der Waals surface area contributed by atoms with Crippen molar-refractivity contribution in [3.8, 4) is 11.1 Å². The van der Waals surface area contributed by atoms with E-state index in [1.165, 1.54) is 0 Å². The molecule has 9 nitrogen and oxygen atoms in total. The van der Waals surface area contributed by atoms with E-state index in [1.807, 2.05) is 43.3 Å². The van der Waals surface area contributed by atoms with Gasteiger partial charge >= 0.3 is 12.1 Å². The van der Waals surface area contributed by atoms with E-state index < -0.39 is 36.5 Å². The predicted molar refractivity (Wildman–Crippen MR) is 130 cm³/mol. The van der Waals surface area contributed by atoms with Gasteiger partial charge in [-0.2, -0.15) is 0 Å². The Balaban J connectivity index is 1.53. The Morgan fingerprint density at radius 1 is 0.914 bits per heavy atom. The molecule has 2 aromatic carbocycles. The van der Waals surface area contributed by atoms with Crippen molar-refractivity contribution in [2.45, 2.75) is 44.6 Å². The molecule has 186 valence electrons. The van der Waals surface area contributed by atoms with E-state index in [1.54, 1.807) is 0 Å². The van der Waals surface area contributed by atoms with Crippen LogP contribution in [-0.2, 0) is 19.1 Å². The summed E-state index contributed by atoms with van der Waals surface area (Å²) < 4.78 is 5.58. The average Bonchev–Trinajstić information content (AvgIpc) is 3.17. The first-order valence-corrected chi connectivity index (χ1v) is 11.8. The maximum absolute atomic E-state index is 12.6. The van der Waals surface area contributed by atoms with Crippen molar-refractivity contribution >= 4 is 23.9 Å². The van der Waals surface area contributed by atoms with Gasteiger partial charge in [0.25, 0.3) is 0 Å². The SMILES string of the molecule is CCCCC(CC(=O)NCC(=O)NCC(=O)O)NC(=O)OCC1c2ccccc2-c2ccccc21. The lowest BCUT2D eigenvalue weighted by Gasteiger charge is -2.20. The molecule has 0 spiro atoms. The Morgan fingerprint density at radius 2 is 1.51 bits per heavy atom. The van der Waals surface area contributed by atoms with Crippen molar-refractivity contribution in [1.29, 1.82) is 0 Å². The van der Waals surface area contributed by atoms with Gasteiger partial charge in [0.15, 0.2) is 0 Å². The van der Waals surface area contributed by atoms with E-state index in [2.05, 4.69) is 28.1 Å². The van der Waals surface area contributed by atoms with Crippen LogP contribution >= 0.6 is 0 Å². The number of unbranched alkanes of at least 4 members (excludes halogenated alkanes) is 1. The molecule has 0 saturated heterocycles. The number of fused-ring (bicyclic) bond motifs is 3. The number of carbonyl (C=O) groups is 4. The Bertz CT molecular complexity index is 1030. The third kappa shape index (κ3) is 7.30. The monoisotopic (exact) mass is 481 g/mol. The fourth-order valence-electron chi connectivity index (χ4n) is 4.19. The number of hydrogen-bond acceptors (Lipinski definition) is 5. The first-order valence-electron chi connectivity index (χ1n) is 11.8. The predicted octanol–water partition coefficient (Wildman–Crippen LogP) is 2.79. The summed E-state index contributed by atoms with van der Waals surface area (Å²) in [7, 11) is 0.